The second-order valence-corrected chi connectivity index (χ2v) is 11.5. The van der Waals surface area contributed by atoms with Crippen LogP contribution in [0.5, 0.6) is 0 Å². The Balaban J connectivity index is 1.29. The van der Waals surface area contributed by atoms with E-state index in [0.29, 0.717) is 24.0 Å². The molecule has 3 aromatic carbocycles. The first-order valence-electron chi connectivity index (χ1n) is 14.3. The summed E-state index contributed by atoms with van der Waals surface area (Å²) in [5, 5.41) is 1.41. The molecule has 38 heavy (non-hydrogen) atoms. The molecule has 4 heteroatoms. The fraction of sp³-hybridized carbons (Fsp3) is 0.353. The van der Waals surface area contributed by atoms with Crippen molar-refractivity contribution < 1.29 is 0 Å². The molecular weight excluding hydrogens is 464 g/mol. The van der Waals surface area contributed by atoms with Crippen molar-refractivity contribution in [1.82, 2.24) is 19.7 Å². The smallest absolute Gasteiger partial charge is 0.0871 e. The predicted molar refractivity (Wildman–Crippen MR) is 156 cm³/mol. The van der Waals surface area contributed by atoms with E-state index in [1.807, 2.05) is 0 Å². The predicted octanol–water partition coefficient (Wildman–Crippen LogP) is 7.07. The first-order chi connectivity index (χ1) is 18.7. The van der Waals surface area contributed by atoms with Crippen LogP contribution >= 0.6 is 0 Å². The molecule has 0 aliphatic carbocycles. The zero-order valence-electron chi connectivity index (χ0n) is 22.7. The molecule has 4 aromatic rings. The molecule has 1 fully saturated rings. The van der Waals surface area contributed by atoms with E-state index in [0.717, 1.165) is 19.4 Å². The first kappa shape index (κ1) is 23.8. The average Bonchev–Trinajstić information content (AvgIpc) is 3.47. The highest BCUT2D eigenvalue weighted by molar-refractivity contribution is 5.85. The van der Waals surface area contributed by atoms with Crippen molar-refractivity contribution in [3.05, 3.63) is 119 Å². The Kier molecular flexibility index (Phi) is 5.90. The summed E-state index contributed by atoms with van der Waals surface area (Å²) in [6.07, 6.45) is 6.26. The number of likely N-dealkylation sites (N-methyl/N-ethyl adjacent to an activating group) is 2. The molecule has 3 aliphatic rings. The van der Waals surface area contributed by atoms with Crippen LogP contribution in [-0.4, -0.2) is 46.5 Å². The third-order valence-corrected chi connectivity index (χ3v) is 9.52. The number of hydrogen-bond acceptors (Lipinski definition) is 3. The van der Waals surface area contributed by atoms with Crippen LogP contribution in [0.3, 0.4) is 0 Å². The van der Waals surface area contributed by atoms with E-state index in [2.05, 4.69) is 132 Å². The van der Waals surface area contributed by atoms with E-state index in [1.165, 1.54) is 39.7 Å². The third-order valence-electron chi connectivity index (χ3n) is 9.52. The van der Waals surface area contributed by atoms with Crippen molar-refractivity contribution in [2.75, 3.05) is 20.6 Å². The van der Waals surface area contributed by atoms with Crippen LogP contribution in [-0.2, 0) is 6.42 Å². The fourth-order valence-electron chi connectivity index (χ4n) is 7.77. The Morgan fingerprint density at radius 3 is 2.03 bits per heavy atom. The quantitative estimate of drug-likeness (QED) is 0.323. The first-order valence-corrected chi connectivity index (χ1v) is 14.3. The number of para-hydroxylation sites is 1. The van der Waals surface area contributed by atoms with Gasteiger partial charge in [-0.3, -0.25) is 9.80 Å². The Hall–Kier alpha value is -3.34. The van der Waals surface area contributed by atoms with Gasteiger partial charge in [0.05, 0.1) is 24.3 Å². The Morgan fingerprint density at radius 2 is 1.39 bits per heavy atom. The van der Waals surface area contributed by atoms with Gasteiger partial charge in [-0.1, -0.05) is 85.8 Å². The molecule has 0 spiro atoms. The number of benzene rings is 3. The number of nitrogens with one attached hydrogen (secondary N) is 1. The second-order valence-electron chi connectivity index (χ2n) is 11.5. The van der Waals surface area contributed by atoms with Gasteiger partial charge in [-0.05, 0) is 67.6 Å². The van der Waals surface area contributed by atoms with E-state index in [9.17, 15) is 0 Å². The number of aromatic nitrogens is 1. The van der Waals surface area contributed by atoms with Gasteiger partial charge in [0.2, 0.25) is 0 Å². The topological polar surface area (TPSA) is 25.5 Å². The van der Waals surface area contributed by atoms with Gasteiger partial charge >= 0.3 is 0 Å². The zero-order chi connectivity index (χ0) is 25.8. The van der Waals surface area contributed by atoms with Crippen LogP contribution in [0.25, 0.3) is 10.9 Å². The molecule has 0 saturated carbocycles. The highest BCUT2D eigenvalue weighted by Gasteiger charge is 2.48. The molecule has 1 saturated heterocycles. The lowest BCUT2D eigenvalue weighted by Gasteiger charge is -2.45. The lowest BCUT2D eigenvalue weighted by Crippen LogP contribution is -2.44. The zero-order valence-corrected chi connectivity index (χ0v) is 22.7. The molecule has 4 heterocycles. The van der Waals surface area contributed by atoms with E-state index >= 15 is 0 Å². The molecule has 1 aromatic heterocycles. The van der Waals surface area contributed by atoms with Gasteiger partial charge in [0, 0.05) is 29.3 Å². The molecule has 2 unspecified atom stereocenters. The molecule has 194 valence electrons. The molecule has 4 nitrogen and oxygen atoms in total. The summed E-state index contributed by atoms with van der Waals surface area (Å²) in [5.74, 6) is 0.550. The van der Waals surface area contributed by atoms with Crippen LogP contribution in [0.2, 0.25) is 0 Å². The van der Waals surface area contributed by atoms with E-state index in [1.54, 1.807) is 5.57 Å². The minimum absolute atomic E-state index is 0.264. The van der Waals surface area contributed by atoms with Crippen molar-refractivity contribution in [3.63, 3.8) is 0 Å². The number of hydrogen-bond donors (Lipinski definition) is 1. The summed E-state index contributed by atoms with van der Waals surface area (Å²) in [4.78, 5) is 11.8. The summed E-state index contributed by atoms with van der Waals surface area (Å²) in [7, 11) is 4.68. The monoisotopic (exact) mass is 502 g/mol. The Morgan fingerprint density at radius 1 is 0.789 bits per heavy atom. The van der Waals surface area contributed by atoms with Gasteiger partial charge in [0.25, 0.3) is 0 Å². The number of nitrogens with zero attached hydrogens (tertiary/aromatic N) is 3. The van der Waals surface area contributed by atoms with Crippen LogP contribution in [0.15, 0.2) is 96.7 Å². The maximum atomic E-state index is 3.83. The number of H-pyrrole nitrogens is 1. The second kappa shape index (κ2) is 9.44. The average molecular weight is 503 g/mol. The van der Waals surface area contributed by atoms with Gasteiger partial charge in [0.1, 0.15) is 0 Å². The number of rotatable bonds is 4. The van der Waals surface area contributed by atoms with Gasteiger partial charge in [-0.15, -0.1) is 0 Å². The minimum Gasteiger partial charge on any atom is -0.368 e. The highest BCUT2D eigenvalue weighted by atomic mass is 15.4. The standard InChI is InChI=1S/C34H38N4/c1-4-23-21-30-31-27(26-17-11-12-18-29(26)35-31)19-20-38(30)22-28(23)34-36(2)32(24-13-7-5-8-14-24)33(37(34)3)25-15-9-6-10-16-25/h5-18,22-23,30,32-35H,4,19-21H2,1-3H3/t23?,30?,32-,33-/m0/s1. The normalized spacial score (nSPS) is 26.4. The lowest BCUT2D eigenvalue weighted by atomic mass is 9.81. The number of fused-ring (bicyclic) bond motifs is 5. The number of aromatic amines is 1. The van der Waals surface area contributed by atoms with Crippen LogP contribution in [0.4, 0.5) is 0 Å². The van der Waals surface area contributed by atoms with E-state index < -0.39 is 0 Å². The van der Waals surface area contributed by atoms with Crippen LogP contribution in [0.1, 0.15) is 60.3 Å². The highest BCUT2D eigenvalue weighted by Crippen LogP contribution is 2.51. The molecular formula is C34H38N4. The largest absolute Gasteiger partial charge is 0.368 e. The molecule has 3 aliphatic heterocycles. The molecule has 0 amide bonds. The SMILES string of the molecule is CCC1CC2c3[nH]c4ccccc4c3CCN2C=C1C1N(C)[C@@H](c2ccccc2)[C@H](c2ccccc2)N1C. The Bertz CT molecular complexity index is 1400. The summed E-state index contributed by atoms with van der Waals surface area (Å²) >= 11 is 0. The third kappa shape index (κ3) is 3.65. The van der Waals surface area contributed by atoms with E-state index in [4.69, 9.17) is 0 Å². The lowest BCUT2D eigenvalue weighted by molar-refractivity contribution is 0.140. The van der Waals surface area contributed by atoms with Crippen LogP contribution < -0.4 is 0 Å². The van der Waals surface area contributed by atoms with Gasteiger partial charge in [-0.2, -0.15) is 0 Å². The van der Waals surface area contributed by atoms with Crippen molar-refractivity contribution >= 4 is 10.9 Å². The molecule has 1 N–H and O–H groups in total. The molecule has 0 bridgehead atoms. The Labute approximate surface area is 226 Å². The molecule has 7 rings (SSSR count). The molecule has 0 radical (unpaired) electrons. The van der Waals surface area contributed by atoms with Crippen molar-refractivity contribution in [1.29, 1.82) is 0 Å². The van der Waals surface area contributed by atoms with Gasteiger partial charge < -0.3 is 9.88 Å². The van der Waals surface area contributed by atoms with Crippen LogP contribution in [0, 0.1) is 5.92 Å². The summed E-state index contributed by atoms with van der Waals surface area (Å²) in [6.45, 7) is 3.46. The summed E-state index contributed by atoms with van der Waals surface area (Å²) < 4.78 is 0. The summed E-state index contributed by atoms with van der Waals surface area (Å²) in [6, 6.07) is 32.1. The van der Waals surface area contributed by atoms with Crippen molar-refractivity contribution in [2.24, 2.45) is 5.92 Å². The van der Waals surface area contributed by atoms with Crippen molar-refractivity contribution in [3.8, 4) is 0 Å². The minimum atomic E-state index is 0.264. The van der Waals surface area contributed by atoms with Gasteiger partial charge in [-0.25, -0.2) is 0 Å². The maximum absolute atomic E-state index is 3.83. The molecule has 4 atom stereocenters. The van der Waals surface area contributed by atoms with Crippen molar-refractivity contribution in [2.45, 2.75) is 50.5 Å². The van der Waals surface area contributed by atoms with E-state index in [-0.39, 0.29) is 6.17 Å². The maximum Gasteiger partial charge on any atom is 0.0871 e. The fourth-order valence-corrected chi connectivity index (χ4v) is 7.77. The van der Waals surface area contributed by atoms with Gasteiger partial charge in [0.15, 0.2) is 0 Å². The summed E-state index contributed by atoms with van der Waals surface area (Å²) in [5.41, 5.74) is 8.63.